The van der Waals surface area contributed by atoms with Gasteiger partial charge in [-0.05, 0) is 49.9 Å². The normalized spacial score (nSPS) is 10.5. The highest BCUT2D eigenvalue weighted by molar-refractivity contribution is 5.92. The Morgan fingerprint density at radius 3 is 2.17 bits per heavy atom. The lowest BCUT2D eigenvalue weighted by molar-refractivity contribution is 0.0749. The second-order valence-corrected chi connectivity index (χ2v) is 6.12. The number of pyridine rings is 1. The van der Waals surface area contributed by atoms with E-state index in [1.807, 2.05) is 17.0 Å². The van der Waals surface area contributed by atoms with Crippen molar-refractivity contribution in [3.8, 4) is 0 Å². The average molecular weight is 325 g/mol. The fraction of sp³-hybridized carbons (Fsp3) is 0.400. The summed E-state index contributed by atoms with van der Waals surface area (Å²) in [5, 5.41) is 3.40. The van der Waals surface area contributed by atoms with Crippen LogP contribution in [0.1, 0.15) is 48.3 Å². The maximum absolute atomic E-state index is 12.5. The maximum atomic E-state index is 12.5. The Kier molecular flexibility index (Phi) is 6.36. The van der Waals surface area contributed by atoms with Crippen molar-refractivity contribution in [2.24, 2.45) is 0 Å². The third-order valence-electron chi connectivity index (χ3n) is 4.01. The van der Waals surface area contributed by atoms with Crippen LogP contribution >= 0.6 is 0 Å². The number of rotatable bonds is 7. The van der Waals surface area contributed by atoms with Crippen LogP contribution in [-0.2, 0) is 0 Å². The molecule has 1 aromatic heterocycles. The van der Waals surface area contributed by atoms with Gasteiger partial charge in [-0.1, -0.05) is 32.0 Å². The van der Waals surface area contributed by atoms with E-state index in [9.17, 15) is 4.79 Å². The molecule has 0 aliphatic heterocycles. The van der Waals surface area contributed by atoms with E-state index in [4.69, 9.17) is 0 Å². The first kappa shape index (κ1) is 18.0. The Bertz CT molecular complexity index is 654. The number of nitrogens with one attached hydrogen (secondary N) is 1. The first-order chi connectivity index (χ1) is 11.6. The zero-order valence-electron chi connectivity index (χ0n) is 15.1. The quantitative estimate of drug-likeness (QED) is 0.802. The third-order valence-corrected chi connectivity index (χ3v) is 4.01. The van der Waals surface area contributed by atoms with Gasteiger partial charge in [0.25, 0.3) is 5.91 Å². The summed E-state index contributed by atoms with van der Waals surface area (Å²) in [6.07, 6.45) is 3.64. The van der Waals surface area contributed by atoms with Crippen molar-refractivity contribution in [1.29, 1.82) is 0 Å². The van der Waals surface area contributed by atoms with Gasteiger partial charge in [-0.3, -0.25) is 4.79 Å². The summed E-state index contributed by atoms with van der Waals surface area (Å²) >= 11 is 0. The number of carbonyl (C=O) groups excluding carboxylic acids is 1. The first-order valence-electron chi connectivity index (χ1n) is 8.65. The zero-order valence-corrected chi connectivity index (χ0v) is 15.1. The van der Waals surface area contributed by atoms with E-state index in [1.54, 1.807) is 12.3 Å². The van der Waals surface area contributed by atoms with E-state index in [-0.39, 0.29) is 5.91 Å². The zero-order chi connectivity index (χ0) is 17.5. The molecule has 0 fully saturated rings. The summed E-state index contributed by atoms with van der Waals surface area (Å²) < 4.78 is 0. The largest absolute Gasteiger partial charge is 0.354 e. The number of hydrogen-bond donors (Lipinski definition) is 1. The van der Waals surface area contributed by atoms with E-state index in [2.05, 4.69) is 50.1 Å². The Balaban J connectivity index is 2.14. The van der Waals surface area contributed by atoms with Gasteiger partial charge in [0.05, 0.1) is 11.9 Å². The van der Waals surface area contributed by atoms with Crippen LogP contribution in [0.25, 0.3) is 0 Å². The Labute approximate surface area is 144 Å². The first-order valence-corrected chi connectivity index (χ1v) is 8.65. The predicted molar refractivity (Wildman–Crippen MR) is 99.9 cm³/mol. The van der Waals surface area contributed by atoms with Gasteiger partial charge in [-0.25, -0.2) is 4.98 Å². The van der Waals surface area contributed by atoms with Crippen molar-refractivity contribution >= 4 is 17.3 Å². The molecule has 0 aliphatic rings. The minimum atomic E-state index is 0.0114. The number of aromatic nitrogens is 1. The monoisotopic (exact) mass is 325 g/mol. The van der Waals surface area contributed by atoms with E-state index < -0.39 is 0 Å². The fourth-order valence-electron chi connectivity index (χ4n) is 2.77. The van der Waals surface area contributed by atoms with E-state index in [1.165, 1.54) is 11.1 Å². The smallest absolute Gasteiger partial charge is 0.272 e. The van der Waals surface area contributed by atoms with Crippen LogP contribution in [0, 0.1) is 13.8 Å². The topological polar surface area (TPSA) is 45.2 Å². The van der Waals surface area contributed by atoms with Crippen LogP contribution in [0.3, 0.4) is 0 Å². The molecule has 0 bridgehead atoms. The van der Waals surface area contributed by atoms with Crippen molar-refractivity contribution in [3.63, 3.8) is 0 Å². The van der Waals surface area contributed by atoms with Gasteiger partial charge in [0.2, 0.25) is 0 Å². The third kappa shape index (κ3) is 4.34. The highest BCUT2D eigenvalue weighted by Crippen LogP contribution is 2.24. The van der Waals surface area contributed by atoms with Gasteiger partial charge in [-0.15, -0.1) is 0 Å². The molecule has 1 heterocycles. The van der Waals surface area contributed by atoms with Gasteiger partial charge < -0.3 is 10.2 Å². The molecule has 0 spiro atoms. The molecule has 1 aromatic carbocycles. The summed E-state index contributed by atoms with van der Waals surface area (Å²) in [4.78, 5) is 18.8. The van der Waals surface area contributed by atoms with E-state index >= 15 is 0 Å². The molecule has 1 N–H and O–H groups in total. The summed E-state index contributed by atoms with van der Waals surface area (Å²) in [6, 6.07) is 9.92. The molecule has 1 amide bonds. The van der Waals surface area contributed by atoms with Crippen molar-refractivity contribution in [3.05, 3.63) is 53.3 Å². The molecule has 4 nitrogen and oxygen atoms in total. The lowest BCUT2D eigenvalue weighted by Gasteiger charge is -2.21. The summed E-state index contributed by atoms with van der Waals surface area (Å²) in [6.45, 7) is 9.87. The Morgan fingerprint density at radius 1 is 1.04 bits per heavy atom. The fourth-order valence-corrected chi connectivity index (χ4v) is 2.77. The van der Waals surface area contributed by atoms with Crippen LogP contribution < -0.4 is 5.32 Å². The molecule has 0 unspecified atom stereocenters. The highest BCUT2D eigenvalue weighted by Gasteiger charge is 2.15. The molecule has 2 rings (SSSR count). The minimum Gasteiger partial charge on any atom is -0.354 e. The van der Waals surface area contributed by atoms with Crippen molar-refractivity contribution < 1.29 is 4.79 Å². The van der Waals surface area contributed by atoms with Crippen LogP contribution in [0.4, 0.5) is 11.4 Å². The van der Waals surface area contributed by atoms with Gasteiger partial charge in [0, 0.05) is 18.8 Å². The van der Waals surface area contributed by atoms with Crippen LogP contribution in [0.15, 0.2) is 36.5 Å². The number of aryl methyl sites for hydroxylation is 2. The molecular weight excluding hydrogens is 298 g/mol. The van der Waals surface area contributed by atoms with Crippen molar-refractivity contribution in [2.45, 2.75) is 40.5 Å². The number of para-hydroxylation sites is 1. The van der Waals surface area contributed by atoms with Gasteiger partial charge in [-0.2, -0.15) is 0 Å². The van der Waals surface area contributed by atoms with E-state index in [0.29, 0.717) is 5.69 Å². The molecule has 0 aliphatic carbocycles. The molecule has 0 atom stereocenters. The number of carbonyl (C=O) groups is 1. The van der Waals surface area contributed by atoms with Crippen molar-refractivity contribution in [1.82, 2.24) is 9.88 Å². The van der Waals surface area contributed by atoms with Crippen LogP contribution in [-0.4, -0.2) is 28.9 Å². The number of hydrogen-bond acceptors (Lipinski definition) is 3. The molecule has 0 saturated heterocycles. The summed E-state index contributed by atoms with van der Waals surface area (Å²) in [5.74, 6) is 0.0114. The SMILES string of the molecule is CCCN(CCC)C(=O)c1ccc(Nc2c(C)cccc2C)cn1. The van der Waals surface area contributed by atoms with E-state index in [0.717, 1.165) is 37.3 Å². The molecule has 0 radical (unpaired) electrons. The second-order valence-electron chi connectivity index (χ2n) is 6.12. The lowest BCUT2D eigenvalue weighted by Crippen LogP contribution is -2.33. The molecule has 2 aromatic rings. The summed E-state index contributed by atoms with van der Waals surface area (Å²) in [7, 11) is 0. The molecule has 0 saturated carbocycles. The number of benzene rings is 1. The van der Waals surface area contributed by atoms with Gasteiger partial charge in [0.15, 0.2) is 0 Å². The Hall–Kier alpha value is -2.36. The maximum Gasteiger partial charge on any atom is 0.272 e. The molecule has 24 heavy (non-hydrogen) atoms. The average Bonchev–Trinajstić information content (AvgIpc) is 2.58. The highest BCUT2D eigenvalue weighted by atomic mass is 16.2. The Morgan fingerprint density at radius 2 is 1.67 bits per heavy atom. The van der Waals surface area contributed by atoms with Crippen LogP contribution in [0.5, 0.6) is 0 Å². The number of anilines is 2. The number of nitrogens with zero attached hydrogens (tertiary/aromatic N) is 2. The molecule has 4 heteroatoms. The number of amides is 1. The molecular formula is C20H27N3O. The van der Waals surface area contributed by atoms with Gasteiger partial charge in [0.1, 0.15) is 5.69 Å². The van der Waals surface area contributed by atoms with Crippen LogP contribution in [0.2, 0.25) is 0 Å². The van der Waals surface area contributed by atoms with Crippen molar-refractivity contribution in [2.75, 3.05) is 18.4 Å². The second kappa shape index (κ2) is 8.48. The minimum absolute atomic E-state index is 0.0114. The predicted octanol–water partition coefficient (Wildman–Crippen LogP) is 4.70. The lowest BCUT2D eigenvalue weighted by atomic mass is 10.1. The standard InChI is InChI=1S/C20H27N3O/c1-5-12-23(13-6-2)20(24)18-11-10-17(14-21-18)22-19-15(3)8-7-9-16(19)4/h7-11,14,22H,5-6,12-13H2,1-4H3. The molecule has 128 valence electrons. The van der Waals surface area contributed by atoms with Gasteiger partial charge >= 0.3 is 0 Å². The summed E-state index contributed by atoms with van der Waals surface area (Å²) in [5.41, 5.74) is 4.86.